The summed E-state index contributed by atoms with van der Waals surface area (Å²) in [5.41, 5.74) is 2.28. The molecule has 1 aliphatic heterocycles. The van der Waals surface area contributed by atoms with Gasteiger partial charge in [-0.3, -0.25) is 4.90 Å². The fraction of sp³-hybridized carbons (Fsp3) is 0.429. The van der Waals surface area contributed by atoms with Crippen LogP contribution in [0.25, 0.3) is 0 Å². The zero-order valence-electron chi connectivity index (χ0n) is 15.4. The Balaban J connectivity index is 1.79. The van der Waals surface area contributed by atoms with Gasteiger partial charge in [0.25, 0.3) is 0 Å². The van der Waals surface area contributed by atoms with Crippen molar-refractivity contribution in [1.82, 2.24) is 10.2 Å². The Morgan fingerprint density at radius 3 is 2.54 bits per heavy atom. The average Bonchev–Trinajstić information content (AvgIpc) is 2.71. The molecule has 0 radical (unpaired) electrons. The molecule has 1 atom stereocenters. The van der Waals surface area contributed by atoms with Crippen molar-refractivity contribution in [2.45, 2.75) is 19.1 Å². The zero-order chi connectivity index (χ0) is 18.2. The van der Waals surface area contributed by atoms with E-state index in [4.69, 9.17) is 9.47 Å². The molecule has 1 heterocycles. The van der Waals surface area contributed by atoms with Crippen molar-refractivity contribution in [2.75, 3.05) is 39.9 Å². The van der Waals surface area contributed by atoms with Gasteiger partial charge in [-0.1, -0.05) is 36.4 Å². The summed E-state index contributed by atoms with van der Waals surface area (Å²) in [5, 5.41) is 12.9. The molecule has 140 valence electrons. The predicted molar refractivity (Wildman–Crippen MR) is 103 cm³/mol. The molecular formula is C21H28N2O3. The van der Waals surface area contributed by atoms with Gasteiger partial charge in [-0.15, -0.1) is 0 Å². The molecule has 0 saturated carbocycles. The van der Waals surface area contributed by atoms with Crippen LogP contribution in [0.4, 0.5) is 0 Å². The second kappa shape index (κ2) is 9.57. The van der Waals surface area contributed by atoms with Crippen LogP contribution in [0.2, 0.25) is 0 Å². The number of methoxy groups -OCH3 is 1. The van der Waals surface area contributed by atoms with Crippen LogP contribution in [-0.4, -0.2) is 49.9 Å². The third-order valence-corrected chi connectivity index (χ3v) is 4.80. The molecule has 0 spiro atoms. The second-order valence-corrected chi connectivity index (χ2v) is 6.50. The van der Waals surface area contributed by atoms with Crippen molar-refractivity contribution in [3.63, 3.8) is 0 Å². The first-order chi connectivity index (χ1) is 12.8. The molecule has 0 amide bonds. The first kappa shape index (κ1) is 18.7. The number of nitrogens with zero attached hydrogens (tertiary/aromatic N) is 1. The SMILES string of the molecule is COc1ccc([C@@H](CCO)N2CCNCC2)cc1OCc1ccccc1. The van der Waals surface area contributed by atoms with E-state index < -0.39 is 0 Å². The summed E-state index contributed by atoms with van der Waals surface area (Å²) >= 11 is 0. The van der Waals surface area contributed by atoms with Crippen molar-refractivity contribution in [2.24, 2.45) is 0 Å². The number of aliphatic hydroxyl groups is 1. The van der Waals surface area contributed by atoms with Crippen LogP contribution in [0.1, 0.15) is 23.6 Å². The van der Waals surface area contributed by atoms with Gasteiger partial charge in [0, 0.05) is 38.8 Å². The van der Waals surface area contributed by atoms with Crippen molar-refractivity contribution >= 4 is 0 Å². The number of hydrogen-bond acceptors (Lipinski definition) is 5. The van der Waals surface area contributed by atoms with Crippen molar-refractivity contribution in [3.8, 4) is 11.5 Å². The van der Waals surface area contributed by atoms with E-state index >= 15 is 0 Å². The van der Waals surface area contributed by atoms with Crippen LogP contribution >= 0.6 is 0 Å². The van der Waals surface area contributed by atoms with Gasteiger partial charge in [-0.25, -0.2) is 0 Å². The molecule has 1 saturated heterocycles. The summed E-state index contributed by atoms with van der Waals surface area (Å²) < 4.78 is 11.5. The molecule has 1 fully saturated rings. The van der Waals surface area contributed by atoms with E-state index in [0.717, 1.165) is 48.8 Å². The molecule has 0 aromatic heterocycles. The van der Waals surface area contributed by atoms with E-state index in [-0.39, 0.29) is 12.6 Å². The summed E-state index contributed by atoms with van der Waals surface area (Å²) in [7, 11) is 1.66. The topological polar surface area (TPSA) is 54.0 Å². The summed E-state index contributed by atoms with van der Waals surface area (Å²) in [4.78, 5) is 2.43. The highest BCUT2D eigenvalue weighted by molar-refractivity contribution is 5.44. The fourth-order valence-corrected chi connectivity index (χ4v) is 3.42. The molecule has 5 nitrogen and oxygen atoms in total. The van der Waals surface area contributed by atoms with Crippen molar-refractivity contribution in [1.29, 1.82) is 0 Å². The fourth-order valence-electron chi connectivity index (χ4n) is 3.42. The molecule has 1 aliphatic rings. The maximum absolute atomic E-state index is 9.55. The monoisotopic (exact) mass is 356 g/mol. The lowest BCUT2D eigenvalue weighted by Gasteiger charge is -2.35. The van der Waals surface area contributed by atoms with Crippen LogP contribution in [0.5, 0.6) is 11.5 Å². The number of benzene rings is 2. The minimum atomic E-state index is 0.167. The third-order valence-electron chi connectivity index (χ3n) is 4.80. The lowest BCUT2D eigenvalue weighted by atomic mass is 10.0. The molecule has 0 bridgehead atoms. The second-order valence-electron chi connectivity index (χ2n) is 6.50. The van der Waals surface area contributed by atoms with E-state index in [1.54, 1.807) is 7.11 Å². The first-order valence-electron chi connectivity index (χ1n) is 9.22. The van der Waals surface area contributed by atoms with Gasteiger partial charge >= 0.3 is 0 Å². The number of hydrogen-bond donors (Lipinski definition) is 2. The third kappa shape index (κ3) is 4.75. The lowest BCUT2D eigenvalue weighted by Crippen LogP contribution is -2.45. The maximum atomic E-state index is 9.55. The van der Waals surface area contributed by atoms with E-state index in [1.807, 2.05) is 36.4 Å². The molecule has 2 aromatic rings. The molecular weight excluding hydrogens is 328 g/mol. The molecule has 26 heavy (non-hydrogen) atoms. The Morgan fingerprint density at radius 2 is 1.85 bits per heavy atom. The zero-order valence-corrected chi connectivity index (χ0v) is 15.4. The summed E-state index contributed by atoms with van der Waals surface area (Å²) in [6.07, 6.45) is 0.713. The van der Waals surface area contributed by atoms with Crippen molar-refractivity contribution < 1.29 is 14.6 Å². The van der Waals surface area contributed by atoms with Crippen LogP contribution in [0.3, 0.4) is 0 Å². The van der Waals surface area contributed by atoms with Gasteiger partial charge in [-0.2, -0.15) is 0 Å². The normalized spacial score (nSPS) is 16.2. The lowest BCUT2D eigenvalue weighted by molar-refractivity contribution is 0.140. The number of rotatable bonds is 8. The van der Waals surface area contributed by atoms with Gasteiger partial charge in [0.1, 0.15) is 6.61 Å². The Labute approximate surface area is 155 Å². The smallest absolute Gasteiger partial charge is 0.161 e. The van der Waals surface area contributed by atoms with E-state index in [2.05, 4.69) is 22.3 Å². The largest absolute Gasteiger partial charge is 0.493 e. The standard InChI is InChI=1S/C21H28N2O3/c1-25-20-8-7-18(19(9-14-24)23-12-10-22-11-13-23)15-21(20)26-16-17-5-3-2-4-6-17/h2-8,15,19,22,24H,9-14,16H2,1H3/t19-/m1/s1. The maximum Gasteiger partial charge on any atom is 0.161 e. The quantitative estimate of drug-likeness (QED) is 0.761. The number of piperazine rings is 1. The molecule has 2 N–H and O–H groups in total. The highest BCUT2D eigenvalue weighted by Crippen LogP contribution is 2.34. The van der Waals surface area contributed by atoms with Crippen molar-refractivity contribution in [3.05, 3.63) is 59.7 Å². The highest BCUT2D eigenvalue weighted by atomic mass is 16.5. The predicted octanol–water partition coefficient (Wildman–Crippen LogP) is 2.60. The van der Waals surface area contributed by atoms with Crippen LogP contribution in [0.15, 0.2) is 48.5 Å². The van der Waals surface area contributed by atoms with E-state index in [0.29, 0.717) is 13.0 Å². The van der Waals surface area contributed by atoms with E-state index in [9.17, 15) is 5.11 Å². The highest BCUT2D eigenvalue weighted by Gasteiger charge is 2.23. The minimum absolute atomic E-state index is 0.167. The Bertz CT molecular complexity index is 672. The summed E-state index contributed by atoms with van der Waals surface area (Å²) in [6.45, 7) is 4.60. The van der Waals surface area contributed by atoms with Crippen LogP contribution in [0, 0.1) is 0 Å². The molecule has 3 rings (SSSR count). The first-order valence-corrected chi connectivity index (χ1v) is 9.22. The summed E-state index contributed by atoms with van der Waals surface area (Å²) in [6, 6.07) is 16.4. The Kier molecular flexibility index (Phi) is 6.89. The van der Waals surface area contributed by atoms with Crippen LogP contribution < -0.4 is 14.8 Å². The Morgan fingerprint density at radius 1 is 1.08 bits per heavy atom. The average molecular weight is 356 g/mol. The number of aliphatic hydroxyl groups excluding tert-OH is 1. The Hall–Kier alpha value is -2.08. The van der Waals surface area contributed by atoms with Gasteiger partial charge in [0.05, 0.1) is 7.11 Å². The van der Waals surface area contributed by atoms with Gasteiger partial charge in [0.15, 0.2) is 11.5 Å². The van der Waals surface area contributed by atoms with Crippen LogP contribution in [-0.2, 0) is 6.61 Å². The molecule has 0 unspecified atom stereocenters. The van der Waals surface area contributed by atoms with Gasteiger partial charge in [-0.05, 0) is 29.7 Å². The molecule has 0 aliphatic carbocycles. The van der Waals surface area contributed by atoms with Gasteiger partial charge in [0.2, 0.25) is 0 Å². The summed E-state index contributed by atoms with van der Waals surface area (Å²) in [5.74, 6) is 1.47. The molecule has 5 heteroatoms. The number of ether oxygens (including phenoxy) is 2. The van der Waals surface area contributed by atoms with Gasteiger partial charge < -0.3 is 19.9 Å². The van der Waals surface area contributed by atoms with E-state index in [1.165, 1.54) is 0 Å². The number of nitrogens with one attached hydrogen (secondary N) is 1. The molecule has 2 aromatic carbocycles. The minimum Gasteiger partial charge on any atom is -0.493 e.